The minimum atomic E-state index is 0.468. The van der Waals surface area contributed by atoms with E-state index in [2.05, 4.69) is 41.7 Å². The molecule has 1 aromatic carbocycles. The van der Waals surface area contributed by atoms with Crippen molar-refractivity contribution >= 4 is 11.8 Å². The van der Waals surface area contributed by atoms with Crippen molar-refractivity contribution in [2.45, 2.75) is 30.7 Å². The number of methoxy groups -OCH3 is 1. The van der Waals surface area contributed by atoms with Crippen molar-refractivity contribution in [1.29, 1.82) is 0 Å². The molecule has 0 aliphatic rings. The summed E-state index contributed by atoms with van der Waals surface area (Å²) in [6.45, 7) is 4.47. The quantitative estimate of drug-likeness (QED) is 0.757. The lowest BCUT2D eigenvalue weighted by molar-refractivity contribution is 0.156. The van der Waals surface area contributed by atoms with Gasteiger partial charge in [0.2, 0.25) is 0 Å². The molecular formula is C15H20N2O2S. The van der Waals surface area contributed by atoms with Gasteiger partial charge in [-0.05, 0) is 24.2 Å². The number of ether oxygens (including phenoxy) is 1. The minimum absolute atomic E-state index is 0.468. The van der Waals surface area contributed by atoms with Gasteiger partial charge in [0.15, 0.2) is 5.76 Å². The molecule has 1 aromatic heterocycles. The first-order chi connectivity index (χ1) is 9.81. The number of aromatic nitrogens is 1. The van der Waals surface area contributed by atoms with E-state index in [1.165, 1.54) is 10.5 Å². The van der Waals surface area contributed by atoms with Crippen molar-refractivity contribution in [3.8, 4) is 0 Å². The number of benzene rings is 1. The lowest BCUT2D eigenvalue weighted by Crippen LogP contribution is -2.11. The molecule has 0 saturated carbocycles. The van der Waals surface area contributed by atoms with Crippen LogP contribution < -0.4 is 5.32 Å². The van der Waals surface area contributed by atoms with E-state index in [0.29, 0.717) is 6.61 Å². The summed E-state index contributed by atoms with van der Waals surface area (Å²) < 4.78 is 10.2. The van der Waals surface area contributed by atoms with Crippen LogP contribution in [-0.4, -0.2) is 18.8 Å². The SMILES string of the molecule is CCNCc1cccc(SCc2cc(COC)on2)c1. The minimum Gasteiger partial charge on any atom is -0.377 e. The fourth-order valence-electron chi connectivity index (χ4n) is 1.81. The van der Waals surface area contributed by atoms with Gasteiger partial charge < -0.3 is 14.6 Å². The highest BCUT2D eigenvalue weighted by Gasteiger charge is 2.05. The van der Waals surface area contributed by atoms with Gasteiger partial charge in [-0.3, -0.25) is 0 Å². The molecule has 0 spiro atoms. The molecule has 0 aliphatic heterocycles. The third-order valence-corrected chi connectivity index (χ3v) is 3.79. The number of rotatable bonds is 8. The molecule has 0 unspecified atom stereocenters. The molecule has 0 radical (unpaired) electrons. The van der Waals surface area contributed by atoms with Crippen LogP contribution in [0.5, 0.6) is 0 Å². The van der Waals surface area contributed by atoms with E-state index >= 15 is 0 Å². The van der Waals surface area contributed by atoms with E-state index < -0.39 is 0 Å². The van der Waals surface area contributed by atoms with Crippen LogP contribution in [0.15, 0.2) is 39.8 Å². The molecular weight excluding hydrogens is 272 g/mol. The van der Waals surface area contributed by atoms with Crippen molar-refractivity contribution in [3.05, 3.63) is 47.3 Å². The van der Waals surface area contributed by atoms with E-state index in [0.717, 1.165) is 30.3 Å². The van der Waals surface area contributed by atoms with E-state index in [1.807, 2.05) is 6.07 Å². The van der Waals surface area contributed by atoms with Crippen LogP contribution in [0.3, 0.4) is 0 Å². The first-order valence-electron chi connectivity index (χ1n) is 6.67. The van der Waals surface area contributed by atoms with Crippen molar-refractivity contribution in [1.82, 2.24) is 10.5 Å². The molecule has 2 rings (SSSR count). The molecule has 0 saturated heterocycles. The number of thioether (sulfide) groups is 1. The highest BCUT2D eigenvalue weighted by molar-refractivity contribution is 7.98. The fourth-order valence-corrected chi connectivity index (χ4v) is 2.67. The van der Waals surface area contributed by atoms with Gasteiger partial charge in [0, 0.05) is 30.4 Å². The molecule has 0 aliphatic carbocycles. The Labute approximate surface area is 123 Å². The molecule has 1 N–H and O–H groups in total. The first-order valence-corrected chi connectivity index (χ1v) is 7.66. The van der Waals surface area contributed by atoms with E-state index in [9.17, 15) is 0 Å². The van der Waals surface area contributed by atoms with Crippen LogP contribution >= 0.6 is 11.8 Å². The Morgan fingerprint density at radius 3 is 3.05 bits per heavy atom. The zero-order chi connectivity index (χ0) is 14.2. The number of nitrogens with zero attached hydrogens (tertiary/aromatic N) is 1. The van der Waals surface area contributed by atoms with Gasteiger partial charge in [0.05, 0.1) is 5.69 Å². The Kier molecular flexibility index (Phi) is 6.11. The molecule has 0 atom stereocenters. The molecule has 4 nitrogen and oxygen atoms in total. The largest absolute Gasteiger partial charge is 0.377 e. The second-order valence-corrected chi connectivity index (χ2v) is 5.48. The topological polar surface area (TPSA) is 47.3 Å². The van der Waals surface area contributed by atoms with E-state index in [4.69, 9.17) is 9.26 Å². The Balaban J connectivity index is 1.89. The van der Waals surface area contributed by atoms with Gasteiger partial charge in [0.1, 0.15) is 6.61 Å². The normalized spacial score (nSPS) is 10.9. The predicted octanol–water partition coefficient (Wildman–Crippen LogP) is 3.22. The number of nitrogens with one attached hydrogen (secondary N) is 1. The summed E-state index contributed by atoms with van der Waals surface area (Å²) >= 11 is 1.76. The molecule has 108 valence electrons. The standard InChI is InChI=1S/C15H20N2O2S/c1-3-16-9-12-5-4-6-15(7-12)20-11-13-8-14(10-18-2)19-17-13/h4-8,16H,3,9-11H2,1-2H3. The number of hydrogen-bond donors (Lipinski definition) is 1. The molecule has 0 bridgehead atoms. The summed E-state index contributed by atoms with van der Waals surface area (Å²) in [5.74, 6) is 1.57. The maximum Gasteiger partial charge on any atom is 0.162 e. The molecule has 5 heteroatoms. The van der Waals surface area contributed by atoms with Gasteiger partial charge in [0.25, 0.3) is 0 Å². The van der Waals surface area contributed by atoms with Gasteiger partial charge in [-0.1, -0.05) is 24.2 Å². The van der Waals surface area contributed by atoms with Crippen LogP contribution in [0.25, 0.3) is 0 Å². The van der Waals surface area contributed by atoms with Crippen molar-refractivity contribution < 1.29 is 9.26 Å². The summed E-state index contributed by atoms with van der Waals surface area (Å²) in [7, 11) is 1.65. The maximum atomic E-state index is 5.17. The van der Waals surface area contributed by atoms with Crippen molar-refractivity contribution in [3.63, 3.8) is 0 Å². The zero-order valence-electron chi connectivity index (χ0n) is 11.9. The Bertz CT molecular complexity index is 528. The summed E-state index contributed by atoms with van der Waals surface area (Å²) in [4.78, 5) is 1.25. The summed E-state index contributed by atoms with van der Waals surface area (Å²) in [5.41, 5.74) is 2.25. The van der Waals surface area contributed by atoms with Crippen LogP contribution in [0.4, 0.5) is 0 Å². The van der Waals surface area contributed by atoms with Gasteiger partial charge in [-0.2, -0.15) is 0 Å². The fraction of sp³-hybridized carbons (Fsp3) is 0.400. The average molecular weight is 292 g/mol. The second-order valence-electron chi connectivity index (χ2n) is 4.43. The van der Waals surface area contributed by atoms with Crippen LogP contribution in [-0.2, 0) is 23.6 Å². The third kappa shape index (κ3) is 4.67. The summed E-state index contributed by atoms with van der Waals surface area (Å²) in [6, 6.07) is 10.5. The zero-order valence-corrected chi connectivity index (χ0v) is 12.7. The smallest absolute Gasteiger partial charge is 0.162 e. The van der Waals surface area contributed by atoms with E-state index in [-0.39, 0.29) is 0 Å². The maximum absolute atomic E-state index is 5.17. The Morgan fingerprint density at radius 2 is 2.25 bits per heavy atom. The lowest BCUT2D eigenvalue weighted by Gasteiger charge is -2.04. The highest BCUT2D eigenvalue weighted by atomic mass is 32.2. The Hall–Kier alpha value is -1.30. The molecule has 2 aromatic rings. The highest BCUT2D eigenvalue weighted by Crippen LogP contribution is 2.23. The second kappa shape index (κ2) is 8.09. The average Bonchev–Trinajstić information content (AvgIpc) is 2.92. The lowest BCUT2D eigenvalue weighted by atomic mass is 10.2. The van der Waals surface area contributed by atoms with Crippen LogP contribution in [0, 0.1) is 0 Å². The third-order valence-electron chi connectivity index (χ3n) is 2.76. The van der Waals surface area contributed by atoms with Crippen molar-refractivity contribution in [2.24, 2.45) is 0 Å². The summed E-state index contributed by atoms with van der Waals surface area (Å²) in [6.07, 6.45) is 0. The van der Waals surface area contributed by atoms with Crippen LogP contribution in [0.2, 0.25) is 0 Å². The molecule has 20 heavy (non-hydrogen) atoms. The summed E-state index contributed by atoms with van der Waals surface area (Å²) in [5, 5.41) is 7.37. The monoisotopic (exact) mass is 292 g/mol. The van der Waals surface area contributed by atoms with E-state index in [1.54, 1.807) is 18.9 Å². The van der Waals surface area contributed by atoms with Crippen molar-refractivity contribution in [2.75, 3.05) is 13.7 Å². The number of hydrogen-bond acceptors (Lipinski definition) is 5. The van der Waals surface area contributed by atoms with Gasteiger partial charge in [-0.15, -0.1) is 11.8 Å². The van der Waals surface area contributed by atoms with Crippen LogP contribution in [0.1, 0.15) is 23.9 Å². The Morgan fingerprint density at radius 1 is 1.35 bits per heavy atom. The molecule has 0 fully saturated rings. The first kappa shape index (κ1) is 15.1. The van der Waals surface area contributed by atoms with Gasteiger partial charge >= 0.3 is 0 Å². The molecule has 1 heterocycles. The van der Waals surface area contributed by atoms with Gasteiger partial charge in [-0.25, -0.2) is 0 Å². The molecule has 0 amide bonds. The predicted molar refractivity (Wildman–Crippen MR) is 80.6 cm³/mol.